The Hall–Kier alpha value is -1.84. The number of H-pyrrole nitrogens is 1. The zero-order valence-electron chi connectivity index (χ0n) is 12.4. The van der Waals surface area contributed by atoms with Crippen LogP contribution < -0.4 is 0 Å². The first kappa shape index (κ1) is 14.1. The number of benzene rings is 1. The lowest BCUT2D eigenvalue weighted by atomic mass is 9.85. The van der Waals surface area contributed by atoms with E-state index < -0.39 is 0 Å². The Morgan fingerprint density at radius 3 is 3.05 bits per heavy atom. The number of carbonyl (C=O) groups excluding carboxylic acids is 1. The molecule has 0 bridgehead atoms. The van der Waals surface area contributed by atoms with Gasteiger partial charge in [-0.25, -0.2) is 4.39 Å². The fourth-order valence-electron chi connectivity index (χ4n) is 3.24. The van der Waals surface area contributed by atoms with Crippen molar-refractivity contribution < 1.29 is 13.9 Å². The molecule has 1 unspecified atom stereocenters. The van der Waals surface area contributed by atoms with Crippen LogP contribution in [0.2, 0.25) is 0 Å². The number of fused-ring (bicyclic) bond motifs is 3. The third-order valence-corrected chi connectivity index (χ3v) is 4.07. The number of nitrogens with one attached hydrogen (secondary N) is 1. The van der Waals surface area contributed by atoms with Crippen molar-refractivity contribution >= 4 is 16.9 Å². The third kappa shape index (κ3) is 2.80. The molecule has 1 N–H and O–H groups in total. The fourth-order valence-corrected chi connectivity index (χ4v) is 3.24. The van der Waals surface area contributed by atoms with Gasteiger partial charge in [-0.1, -0.05) is 0 Å². The van der Waals surface area contributed by atoms with E-state index in [1.54, 1.807) is 12.1 Å². The molecule has 1 aliphatic carbocycles. The van der Waals surface area contributed by atoms with Gasteiger partial charge in [0.1, 0.15) is 5.82 Å². The minimum Gasteiger partial charge on any atom is -0.463 e. The molecule has 0 fully saturated rings. The van der Waals surface area contributed by atoms with Crippen LogP contribution in [0.25, 0.3) is 10.9 Å². The minimum atomic E-state index is -0.217. The number of halogens is 1. The van der Waals surface area contributed by atoms with Gasteiger partial charge in [-0.3, -0.25) is 4.79 Å². The summed E-state index contributed by atoms with van der Waals surface area (Å²) in [5.74, 6) is -0.228. The second-order valence-electron chi connectivity index (χ2n) is 6.04. The minimum absolute atomic E-state index is 0.0858. The highest BCUT2D eigenvalue weighted by Crippen LogP contribution is 2.38. The van der Waals surface area contributed by atoms with Gasteiger partial charge in [0, 0.05) is 22.5 Å². The van der Waals surface area contributed by atoms with Gasteiger partial charge >= 0.3 is 5.97 Å². The Bertz CT molecular complexity index is 675. The average Bonchev–Trinajstić information content (AvgIpc) is 2.77. The van der Waals surface area contributed by atoms with Gasteiger partial charge < -0.3 is 9.72 Å². The van der Waals surface area contributed by atoms with E-state index in [2.05, 4.69) is 4.98 Å². The van der Waals surface area contributed by atoms with E-state index in [9.17, 15) is 9.18 Å². The highest BCUT2D eigenvalue weighted by molar-refractivity contribution is 5.85. The molecule has 3 rings (SSSR count). The molecule has 0 spiro atoms. The maximum atomic E-state index is 13.4. The molecule has 1 atom stereocenters. The SMILES string of the molecule is CC(C)OC(=O)CC1CCCc2c1[nH]c1ccc(F)cc21. The summed E-state index contributed by atoms with van der Waals surface area (Å²) >= 11 is 0. The number of esters is 1. The summed E-state index contributed by atoms with van der Waals surface area (Å²) in [6.45, 7) is 3.71. The molecule has 1 aromatic carbocycles. The summed E-state index contributed by atoms with van der Waals surface area (Å²) < 4.78 is 18.7. The van der Waals surface area contributed by atoms with Crippen LogP contribution in [0.4, 0.5) is 4.39 Å². The first-order valence-corrected chi connectivity index (χ1v) is 7.54. The molecule has 0 saturated heterocycles. The smallest absolute Gasteiger partial charge is 0.306 e. The molecule has 112 valence electrons. The van der Waals surface area contributed by atoms with Crippen molar-refractivity contribution in [3.05, 3.63) is 35.3 Å². The van der Waals surface area contributed by atoms with Gasteiger partial charge in [0.05, 0.1) is 12.5 Å². The molecular weight excluding hydrogens is 269 g/mol. The topological polar surface area (TPSA) is 42.1 Å². The van der Waals surface area contributed by atoms with Crippen molar-refractivity contribution in [3.8, 4) is 0 Å². The molecule has 0 aliphatic heterocycles. The van der Waals surface area contributed by atoms with Crippen LogP contribution in [-0.4, -0.2) is 17.1 Å². The molecule has 2 aromatic rings. The number of aryl methyl sites for hydroxylation is 1. The number of aromatic amines is 1. The summed E-state index contributed by atoms with van der Waals surface area (Å²) in [6, 6.07) is 4.82. The Morgan fingerprint density at radius 1 is 1.48 bits per heavy atom. The first-order valence-electron chi connectivity index (χ1n) is 7.54. The van der Waals surface area contributed by atoms with Crippen molar-refractivity contribution in [3.63, 3.8) is 0 Å². The largest absolute Gasteiger partial charge is 0.463 e. The number of carbonyl (C=O) groups is 1. The third-order valence-electron chi connectivity index (χ3n) is 4.07. The lowest BCUT2D eigenvalue weighted by Crippen LogP contribution is -2.17. The summed E-state index contributed by atoms with van der Waals surface area (Å²) in [4.78, 5) is 15.3. The Balaban J connectivity index is 1.91. The number of ether oxygens (including phenoxy) is 1. The van der Waals surface area contributed by atoms with Crippen molar-refractivity contribution in [2.75, 3.05) is 0 Å². The van der Waals surface area contributed by atoms with Crippen LogP contribution in [-0.2, 0) is 16.0 Å². The van der Waals surface area contributed by atoms with Gasteiger partial charge in [-0.15, -0.1) is 0 Å². The predicted molar refractivity (Wildman–Crippen MR) is 79.8 cm³/mol. The van der Waals surface area contributed by atoms with E-state index in [1.165, 1.54) is 6.07 Å². The molecule has 4 heteroatoms. The van der Waals surface area contributed by atoms with E-state index in [0.717, 1.165) is 41.4 Å². The lowest BCUT2D eigenvalue weighted by molar-refractivity contribution is -0.147. The van der Waals surface area contributed by atoms with Gasteiger partial charge in [-0.2, -0.15) is 0 Å². The fraction of sp³-hybridized carbons (Fsp3) is 0.471. The number of aromatic nitrogens is 1. The van der Waals surface area contributed by atoms with E-state index in [1.807, 2.05) is 13.8 Å². The van der Waals surface area contributed by atoms with Crippen molar-refractivity contribution in [2.24, 2.45) is 0 Å². The number of hydrogen-bond donors (Lipinski definition) is 1. The second kappa shape index (κ2) is 5.51. The maximum absolute atomic E-state index is 13.4. The maximum Gasteiger partial charge on any atom is 0.306 e. The Labute approximate surface area is 123 Å². The zero-order valence-corrected chi connectivity index (χ0v) is 12.4. The average molecular weight is 289 g/mol. The summed E-state index contributed by atoms with van der Waals surface area (Å²) in [7, 11) is 0. The molecule has 1 aliphatic rings. The number of hydrogen-bond acceptors (Lipinski definition) is 2. The molecule has 1 aromatic heterocycles. The van der Waals surface area contributed by atoms with Crippen molar-refractivity contribution in [1.82, 2.24) is 4.98 Å². The van der Waals surface area contributed by atoms with Crippen LogP contribution in [0.5, 0.6) is 0 Å². The molecule has 3 nitrogen and oxygen atoms in total. The summed E-state index contributed by atoms with van der Waals surface area (Å²) in [5, 5.41) is 0.951. The molecular formula is C17H20FNO2. The van der Waals surface area contributed by atoms with E-state index in [-0.39, 0.29) is 23.8 Å². The summed E-state index contributed by atoms with van der Waals surface area (Å²) in [6.07, 6.45) is 3.23. The van der Waals surface area contributed by atoms with Crippen LogP contribution in [0.15, 0.2) is 18.2 Å². The molecule has 1 heterocycles. The monoisotopic (exact) mass is 289 g/mol. The molecule has 21 heavy (non-hydrogen) atoms. The van der Waals surface area contributed by atoms with Crippen LogP contribution >= 0.6 is 0 Å². The van der Waals surface area contributed by atoms with Crippen LogP contribution in [0.1, 0.15) is 50.3 Å². The standard InChI is InChI=1S/C17H20FNO2/c1-10(2)21-16(20)8-11-4-3-5-13-14-9-12(18)6-7-15(14)19-17(11)13/h6-7,9-11,19H,3-5,8H2,1-2H3. The van der Waals surface area contributed by atoms with Crippen LogP contribution in [0, 0.1) is 5.82 Å². The zero-order chi connectivity index (χ0) is 15.0. The van der Waals surface area contributed by atoms with Gasteiger partial charge in [0.15, 0.2) is 0 Å². The van der Waals surface area contributed by atoms with E-state index in [0.29, 0.717) is 6.42 Å². The van der Waals surface area contributed by atoms with Gasteiger partial charge in [-0.05, 0) is 56.9 Å². The quantitative estimate of drug-likeness (QED) is 0.865. The number of rotatable bonds is 3. The van der Waals surface area contributed by atoms with E-state index in [4.69, 9.17) is 4.74 Å². The van der Waals surface area contributed by atoms with Gasteiger partial charge in [0.2, 0.25) is 0 Å². The lowest BCUT2D eigenvalue weighted by Gasteiger charge is -2.22. The van der Waals surface area contributed by atoms with Gasteiger partial charge in [0.25, 0.3) is 0 Å². The predicted octanol–water partition coefficient (Wildman–Crippen LogP) is 4.07. The van der Waals surface area contributed by atoms with Crippen molar-refractivity contribution in [2.45, 2.75) is 51.6 Å². The first-order chi connectivity index (χ1) is 10.0. The molecule has 0 radical (unpaired) electrons. The van der Waals surface area contributed by atoms with Crippen LogP contribution in [0.3, 0.4) is 0 Å². The highest BCUT2D eigenvalue weighted by atomic mass is 19.1. The summed E-state index contributed by atoms with van der Waals surface area (Å²) in [5.41, 5.74) is 3.20. The second-order valence-corrected chi connectivity index (χ2v) is 6.04. The Morgan fingerprint density at radius 2 is 2.29 bits per heavy atom. The molecule has 0 amide bonds. The normalized spacial score (nSPS) is 18.0. The van der Waals surface area contributed by atoms with E-state index >= 15 is 0 Å². The highest BCUT2D eigenvalue weighted by Gasteiger charge is 2.27. The van der Waals surface area contributed by atoms with Crippen molar-refractivity contribution in [1.29, 1.82) is 0 Å². The molecule has 0 saturated carbocycles. The Kier molecular flexibility index (Phi) is 3.70.